The molecule has 0 fully saturated rings. The van der Waals surface area contributed by atoms with Gasteiger partial charge in [-0.3, -0.25) is 0 Å². The van der Waals surface area contributed by atoms with Crippen molar-refractivity contribution in [3.63, 3.8) is 0 Å². The van der Waals surface area contributed by atoms with E-state index >= 15 is 0 Å². The van der Waals surface area contributed by atoms with Gasteiger partial charge in [-0.05, 0) is 12.0 Å². The lowest BCUT2D eigenvalue weighted by molar-refractivity contribution is 1.22. The Labute approximate surface area is 72.6 Å². The lowest BCUT2D eigenvalue weighted by atomic mass is 10.2. The molecule has 1 heteroatoms. The van der Waals surface area contributed by atoms with E-state index in [2.05, 4.69) is 24.8 Å². The van der Waals surface area contributed by atoms with Gasteiger partial charge in [0, 0.05) is 5.88 Å². The second kappa shape index (κ2) is 4.20. The molecule has 11 heavy (non-hydrogen) atoms. The maximum atomic E-state index is 5.69. The van der Waals surface area contributed by atoms with Crippen molar-refractivity contribution in [1.29, 1.82) is 0 Å². The van der Waals surface area contributed by atoms with E-state index in [1.807, 2.05) is 12.2 Å². The van der Waals surface area contributed by atoms with Crippen molar-refractivity contribution in [2.24, 2.45) is 0 Å². The highest BCUT2D eigenvalue weighted by molar-refractivity contribution is 6.19. The third kappa shape index (κ3) is 2.39. The van der Waals surface area contributed by atoms with Gasteiger partial charge in [0.1, 0.15) is 0 Å². The fraction of sp³-hybridized carbons (Fsp3) is 0.200. The SMILES string of the molecule is C=CC1=CC=C(CCl)CC=C1. The quantitative estimate of drug-likeness (QED) is 0.553. The Morgan fingerprint density at radius 2 is 2.36 bits per heavy atom. The van der Waals surface area contributed by atoms with Gasteiger partial charge < -0.3 is 0 Å². The van der Waals surface area contributed by atoms with Gasteiger partial charge >= 0.3 is 0 Å². The summed E-state index contributed by atoms with van der Waals surface area (Å²) in [4.78, 5) is 0. The van der Waals surface area contributed by atoms with Crippen molar-refractivity contribution in [3.8, 4) is 0 Å². The van der Waals surface area contributed by atoms with Crippen LogP contribution in [0.4, 0.5) is 0 Å². The smallest absolute Gasteiger partial charge is 0.0439 e. The first-order valence-corrected chi connectivity index (χ1v) is 4.15. The summed E-state index contributed by atoms with van der Waals surface area (Å²) in [5.41, 5.74) is 2.39. The molecule has 0 bridgehead atoms. The lowest BCUT2D eigenvalue weighted by Gasteiger charge is -1.92. The van der Waals surface area contributed by atoms with E-state index in [-0.39, 0.29) is 0 Å². The molecule has 0 aromatic carbocycles. The molecule has 0 nitrogen and oxygen atoms in total. The van der Waals surface area contributed by atoms with Crippen LogP contribution in [0, 0.1) is 0 Å². The fourth-order valence-electron chi connectivity index (χ4n) is 0.919. The molecule has 0 N–H and O–H groups in total. The molecule has 0 heterocycles. The van der Waals surface area contributed by atoms with E-state index in [9.17, 15) is 0 Å². The van der Waals surface area contributed by atoms with Crippen molar-refractivity contribution >= 4 is 11.6 Å². The molecule has 58 valence electrons. The molecule has 0 unspecified atom stereocenters. The Morgan fingerprint density at radius 3 is 3.00 bits per heavy atom. The zero-order valence-electron chi connectivity index (χ0n) is 6.39. The van der Waals surface area contributed by atoms with Crippen LogP contribution in [0.2, 0.25) is 0 Å². The lowest BCUT2D eigenvalue weighted by Crippen LogP contribution is -1.79. The third-order valence-electron chi connectivity index (χ3n) is 1.61. The first-order chi connectivity index (χ1) is 5.36. The van der Waals surface area contributed by atoms with Crippen molar-refractivity contribution in [3.05, 3.63) is 48.1 Å². The highest BCUT2D eigenvalue weighted by atomic mass is 35.5. The minimum Gasteiger partial charge on any atom is -0.122 e. The molecule has 0 aromatic heterocycles. The summed E-state index contributed by atoms with van der Waals surface area (Å²) in [6.07, 6.45) is 11.1. The zero-order chi connectivity index (χ0) is 8.10. The van der Waals surface area contributed by atoms with E-state index in [1.54, 1.807) is 0 Å². The minimum atomic E-state index is 0.616. The van der Waals surface area contributed by atoms with Gasteiger partial charge in [-0.25, -0.2) is 0 Å². The fourth-order valence-corrected chi connectivity index (χ4v) is 1.12. The largest absolute Gasteiger partial charge is 0.122 e. The third-order valence-corrected chi connectivity index (χ3v) is 1.95. The van der Waals surface area contributed by atoms with Crippen LogP contribution in [0.15, 0.2) is 48.1 Å². The summed E-state index contributed by atoms with van der Waals surface area (Å²) in [5.74, 6) is 0.616. The summed E-state index contributed by atoms with van der Waals surface area (Å²) < 4.78 is 0. The standard InChI is InChI=1S/C10H11Cl/c1-2-9-4-3-5-10(8-11)7-6-9/h2-4,6-7H,1,5,8H2. The number of alkyl halides is 1. The first-order valence-electron chi connectivity index (χ1n) is 3.61. The van der Waals surface area contributed by atoms with Crippen LogP contribution in [-0.2, 0) is 0 Å². The highest BCUT2D eigenvalue weighted by Crippen LogP contribution is 2.12. The summed E-state index contributed by atoms with van der Waals surface area (Å²) in [5, 5.41) is 0. The van der Waals surface area contributed by atoms with Gasteiger partial charge in [0.25, 0.3) is 0 Å². The van der Waals surface area contributed by atoms with E-state index in [4.69, 9.17) is 11.6 Å². The first kappa shape index (κ1) is 8.35. The number of halogens is 1. The maximum absolute atomic E-state index is 5.69. The summed E-state index contributed by atoms with van der Waals surface area (Å²) in [7, 11) is 0. The van der Waals surface area contributed by atoms with Gasteiger partial charge in [0.2, 0.25) is 0 Å². The van der Waals surface area contributed by atoms with Crippen molar-refractivity contribution in [2.45, 2.75) is 6.42 Å². The van der Waals surface area contributed by atoms with Crippen LogP contribution in [0.5, 0.6) is 0 Å². The zero-order valence-corrected chi connectivity index (χ0v) is 7.14. The Hall–Kier alpha value is -0.750. The molecule has 1 aliphatic rings. The van der Waals surface area contributed by atoms with Crippen LogP contribution in [0.3, 0.4) is 0 Å². The monoisotopic (exact) mass is 166 g/mol. The van der Waals surface area contributed by atoms with E-state index in [0.717, 1.165) is 12.0 Å². The van der Waals surface area contributed by atoms with Crippen molar-refractivity contribution < 1.29 is 0 Å². The second-order valence-corrected chi connectivity index (χ2v) is 2.70. The molecule has 0 saturated heterocycles. The molecule has 0 spiro atoms. The van der Waals surface area contributed by atoms with Gasteiger partial charge in [-0.1, -0.05) is 42.5 Å². The molecule has 0 amide bonds. The predicted octanol–water partition coefficient (Wildman–Crippen LogP) is 3.22. The maximum Gasteiger partial charge on any atom is 0.0439 e. The molecule has 0 radical (unpaired) electrons. The predicted molar refractivity (Wildman–Crippen MR) is 50.8 cm³/mol. The number of allylic oxidation sites excluding steroid dienone is 7. The van der Waals surface area contributed by atoms with E-state index in [0.29, 0.717) is 5.88 Å². The Morgan fingerprint density at radius 1 is 1.55 bits per heavy atom. The average Bonchev–Trinajstić information content (AvgIpc) is 2.28. The van der Waals surface area contributed by atoms with Gasteiger partial charge in [-0.2, -0.15) is 0 Å². The Balaban J connectivity index is 2.80. The van der Waals surface area contributed by atoms with Crippen LogP contribution in [0.25, 0.3) is 0 Å². The molecular weight excluding hydrogens is 156 g/mol. The van der Waals surface area contributed by atoms with E-state index < -0.39 is 0 Å². The van der Waals surface area contributed by atoms with Crippen LogP contribution >= 0.6 is 11.6 Å². The minimum absolute atomic E-state index is 0.616. The summed E-state index contributed by atoms with van der Waals surface area (Å²) in [6, 6.07) is 0. The molecule has 0 aliphatic heterocycles. The Kier molecular flexibility index (Phi) is 3.18. The van der Waals surface area contributed by atoms with Gasteiger partial charge in [-0.15, -0.1) is 11.6 Å². The number of rotatable bonds is 2. The molecule has 1 aliphatic carbocycles. The summed E-state index contributed by atoms with van der Waals surface area (Å²) >= 11 is 5.69. The van der Waals surface area contributed by atoms with Crippen LogP contribution < -0.4 is 0 Å². The molecule has 1 rings (SSSR count). The average molecular weight is 167 g/mol. The summed E-state index contributed by atoms with van der Waals surface area (Å²) in [6.45, 7) is 3.70. The second-order valence-electron chi connectivity index (χ2n) is 2.44. The molecule has 0 saturated carbocycles. The number of hydrogen-bond acceptors (Lipinski definition) is 0. The molecule has 0 atom stereocenters. The molecule has 0 aromatic rings. The van der Waals surface area contributed by atoms with Crippen LogP contribution in [0.1, 0.15) is 6.42 Å². The van der Waals surface area contributed by atoms with Gasteiger partial charge in [0.15, 0.2) is 0 Å². The molecular formula is C10H11Cl. The van der Waals surface area contributed by atoms with Crippen LogP contribution in [-0.4, -0.2) is 5.88 Å². The topological polar surface area (TPSA) is 0 Å². The Bertz CT molecular complexity index is 231. The van der Waals surface area contributed by atoms with Crippen molar-refractivity contribution in [2.75, 3.05) is 5.88 Å². The highest BCUT2D eigenvalue weighted by Gasteiger charge is 1.94. The number of hydrogen-bond donors (Lipinski definition) is 0. The normalized spacial score (nSPS) is 16.8. The van der Waals surface area contributed by atoms with Gasteiger partial charge in [0.05, 0.1) is 0 Å². The van der Waals surface area contributed by atoms with E-state index in [1.165, 1.54) is 5.57 Å². The van der Waals surface area contributed by atoms with Crippen molar-refractivity contribution in [1.82, 2.24) is 0 Å².